The zero-order valence-corrected chi connectivity index (χ0v) is 12.1. The molecule has 2 rings (SSSR count). The minimum atomic E-state index is -1.29. The molecule has 1 aromatic carbocycles. The fourth-order valence-electron chi connectivity index (χ4n) is 2.74. The van der Waals surface area contributed by atoms with Crippen molar-refractivity contribution < 1.29 is 14.8 Å². The number of nitro benzene ring substituents is 1. The van der Waals surface area contributed by atoms with Gasteiger partial charge in [0.1, 0.15) is 5.56 Å². The van der Waals surface area contributed by atoms with Crippen molar-refractivity contribution in [2.24, 2.45) is 5.92 Å². The molecule has 1 aliphatic rings. The molecule has 0 bridgehead atoms. The Bertz CT molecular complexity index is 561. The van der Waals surface area contributed by atoms with Gasteiger partial charge in [-0.1, -0.05) is 6.92 Å². The molecule has 1 fully saturated rings. The highest BCUT2D eigenvalue weighted by Gasteiger charge is 2.25. The van der Waals surface area contributed by atoms with Gasteiger partial charge in [-0.05, 0) is 38.1 Å². The second kappa shape index (κ2) is 6.09. The summed E-state index contributed by atoms with van der Waals surface area (Å²) < 4.78 is 0. The van der Waals surface area contributed by atoms with Crippen molar-refractivity contribution in [1.29, 1.82) is 0 Å². The van der Waals surface area contributed by atoms with Crippen LogP contribution in [-0.2, 0) is 0 Å². The number of carboxylic acid groups (broad SMARTS) is 1. The zero-order valence-electron chi connectivity index (χ0n) is 12.1. The highest BCUT2D eigenvalue weighted by Crippen LogP contribution is 2.26. The molecule has 1 aliphatic heterocycles. The number of nitrogens with one attached hydrogen (secondary N) is 1. The Hall–Kier alpha value is -2.15. The van der Waals surface area contributed by atoms with Crippen molar-refractivity contribution in [1.82, 2.24) is 4.90 Å². The molecule has 0 spiro atoms. The van der Waals surface area contributed by atoms with E-state index in [1.54, 1.807) is 6.07 Å². The largest absolute Gasteiger partial charge is 0.477 e. The van der Waals surface area contributed by atoms with Crippen molar-refractivity contribution >= 4 is 17.3 Å². The Morgan fingerprint density at radius 2 is 2.24 bits per heavy atom. The molecule has 1 heterocycles. The Kier molecular flexibility index (Phi) is 4.42. The average Bonchev–Trinajstić information content (AvgIpc) is 2.41. The quantitative estimate of drug-likeness (QED) is 0.651. The van der Waals surface area contributed by atoms with Gasteiger partial charge in [0.15, 0.2) is 0 Å². The molecule has 0 radical (unpaired) electrons. The van der Waals surface area contributed by atoms with Crippen LogP contribution < -0.4 is 5.32 Å². The summed E-state index contributed by atoms with van der Waals surface area (Å²) in [6, 6.07) is 4.40. The van der Waals surface area contributed by atoms with Gasteiger partial charge >= 0.3 is 5.97 Å². The van der Waals surface area contributed by atoms with Gasteiger partial charge in [0, 0.05) is 24.3 Å². The summed E-state index contributed by atoms with van der Waals surface area (Å²) in [5.74, 6) is -0.872. The summed E-state index contributed by atoms with van der Waals surface area (Å²) in [7, 11) is 2.07. The van der Waals surface area contributed by atoms with E-state index in [0.717, 1.165) is 19.5 Å². The first-order valence-electron chi connectivity index (χ1n) is 6.85. The lowest BCUT2D eigenvalue weighted by Crippen LogP contribution is -2.43. The maximum Gasteiger partial charge on any atom is 0.342 e. The van der Waals surface area contributed by atoms with Gasteiger partial charge in [-0.25, -0.2) is 4.79 Å². The monoisotopic (exact) mass is 293 g/mol. The Morgan fingerprint density at radius 3 is 2.81 bits per heavy atom. The number of aromatic carboxylic acids is 1. The van der Waals surface area contributed by atoms with Crippen LogP contribution in [0.1, 0.15) is 23.7 Å². The van der Waals surface area contributed by atoms with E-state index in [1.807, 2.05) is 0 Å². The van der Waals surface area contributed by atoms with Crippen molar-refractivity contribution in [3.05, 3.63) is 33.9 Å². The fourth-order valence-corrected chi connectivity index (χ4v) is 2.74. The topological polar surface area (TPSA) is 95.7 Å². The van der Waals surface area contributed by atoms with Crippen molar-refractivity contribution in [2.45, 2.75) is 19.4 Å². The lowest BCUT2D eigenvalue weighted by molar-refractivity contribution is -0.385. The molecule has 114 valence electrons. The molecule has 7 nitrogen and oxygen atoms in total. The summed E-state index contributed by atoms with van der Waals surface area (Å²) >= 11 is 0. The SMILES string of the molecule is CC1CN(C)CCC1Nc1ccc(C(=O)O)c([N+](=O)[O-])c1. The first-order valence-corrected chi connectivity index (χ1v) is 6.85. The Labute approximate surface area is 122 Å². The highest BCUT2D eigenvalue weighted by molar-refractivity contribution is 5.93. The lowest BCUT2D eigenvalue weighted by atomic mass is 9.94. The summed E-state index contributed by atoms with van der Waals surface area (Å²) in [5, 5.41) is 23.2. The maximum atomic E-state index is 11.0. The molecular formula is C14H19N3O4. The number of carbonyl (C=O) groups is 1. The van der Waals surface area contributed by atoms with Gasteiger partial charge in [-0.3, -0.25) is 10.1 Å². The number of hydrogen-bond donors (Lipinski definition) is 2. The van der Waals surface area contributed by atoms with E-state index in [1.165, 1.54) is 12.1 Å². The molecule has 0 amide bonds. The highest BCUT2D eigenvalue weighted by atomic mass is 16.6. The molecular weight excluding hydrogens is 274 g/mol. The van der Waals surface area contributed by atoms with Crippen LogP contribution in [0.15, 0.2) is 18.2 Å². The summed E-state index contributed by atoms with van der Waals surface area (Å²) in [4.78, 5) is 23.6. The normalized spacial score (nSPS) is 22.8. The summed E-state index contributed by atoms with van der Waals surface area (Å²) in [6.45, 7) is 4.07. The molecule has 0 saturated carbocycles. The Morgan fingerprint density at radius 1 is 1.52 bits per heavy atom. The molecule has 21 heavy (non-hydrogen) atoms. The second-order valence-electron chi connectivity index (χ2n) is 5.57. The standard InChI is InChI=1S/C14H19N3O4/c1-9-8-16(2)6-5-12(9)15-10-3-4-11(14(18)19)13(7-10)17(20)21/h3-4,7,9,12,15H,5-6,8H2,1-2H3,(H,18,19). The van der Waals surface area contributed by atoms with Gasteiger partial charge < -0.3 is 15.3 Å². The zero-order chi connectivity index (χ0) is 15.6. The second-order valence-corrected chi connectivity index (χ2v) is 5.57. The smallest absolute Gasteiger partial charge is 0.342 e. The van der Waals surface area contributed by atoms with Crippen LogP contribution in [-0.4, -0.2) is 47.1 Å². The molecule has 0 aliphatic carbocycles. The number of nitro groups is 1. The molecule has 7 heteroatoms. The van der Waals surface area contributed by atoms with Crippen LogP contribution in [0.25, 0.3) is 0 Å². The van der Waals surface area contributed by atoms with Gasteiger partial charge in [0.05, 0.1) is 4.92 Å². The number of piperidine rings is 1. The van der Waals surface area contributed by atoms with Crippen LogP contribution in [0.4, 0.5) is 11.4 Å². The minimum absolute atomic E-state index is 0.233. The van der Waals surface area contributed by atoms with E-state index in [0.29, 0.717) is 11.6 Å². The third kappa shape index (κ3) is 3.49. The lowest BCUT2D eigenvalue weighted by Gasteiger charge is -2.35. The van der Waals surface area contributed by atoms with Gasteiger partial charge in [0.25, 0.3) is 5.69 Å². The van der Waals surface area contributed by atoms with E-state index >= 15 is 0 Å². The first kappa shape index (κ1) is 15.2. The number of anilines is 1. The number of likely N-dealkylation sites (tertiary alicyclic amines) is 1. The third-order valence-corrected chi connectivity index (χ3v) is 3.89. The van der Waals surface area contributed by atoms with Crippen molar-refractivity contribution in [2.75, 3.05) is 25.5 Å². The molecule has 0 aromatic heterocycles. The third-order valence-electron chi connectivity index (χ3n) is 3.89. The van der Waals surface area contributed by atoms with Crippen LogP contribution in [0.2, 0.25) is 0 Å². The van der Waals surface area contributed by atoms with Gasteiger partial charge in [0.2, 0.25) is 0 Å². The molecule has 1 saturated heterocycles. The van der Waals surface area contributed by atoms with Crippen LogP contribution in [0, 0.1) is 16.0 Å². The predicted molar refractivity (Wildman–Crippen MR) is 78.7 cm³/mol. The van der Waals surface area contributed by atoms with E-state index in [2.05, 4.69) is 24.2 Å². The first-order chi connectivity index (χ1) is 9.88. The van der Waals surface area contributed by atoms with Crippen molar-refractivity contribution in [3.63, 3.8) is 0 Å². The molecule has 1 aromatic rings. The molecule has 2 N–H and O–H groups in total. The fraction of sp³-hybridized carbons (Fsp3) is 0.500. The van der Waals surface area contributed by atoms with E-state index in [-0.39, 0.29) is 17.3 Å². The predicted octanol–water partition coefficient (Wildman–Crippen LogP) is 2.05. The van der Waals surface area contributed by atoms with Crippen LogP contribution in [0.5, 0.6) is 0 Å². The number of rotatable bonds is 4. The van der Waals surface area contributed by atoms with Crippen molar-refractivity contribution in [3.8, 4) is 0 Å². The van der Waals surface area contributed by atoms with Gasteiger partial charge in [-0.15, -0.1) is 0 Å². The van der Waals surface area contributed by atoms with E-state index in [9.17, 15) is 14.9 Å². The van der Waals surface area contributed by atoms with Gasteiger partial charge in [-0.2, -0.15) is 0 Å². The molecule has 2 atom stereocenters. The molecule has 2 unspecified atom stereocenters. The summed E-state index contributed by atoms with van der Waals surface area (Å²) in [6.07, 6.45) is 0.951. The average molecular weight is 293 g/mol. The summed E-state index contributed by atoms with van der Waals surface area (Å²) in [5.41, 5.74) is -0.0804. The number of benzene rings is 1. The number of hydrogen-bond acceptors (Lipinski definition) is 5. The Balaban J connectivity index is 2.19. The maximum absolute atomic E-state index is 11.0. The number of nitrogens with zero attached hydrogens (tertiary/aromatic N) is 2. The number of carboxylic acids is 1. The minimum Gasteiger partial charge on any atom is -0.477 e. The van der Waals surface area contributed by atoms with E-state index in [4.69, 9.17) is 5.11 Å². The van der Waals surface area contributed by atoms with Crippen LogP contribution >= 0.6 is 0 Å². The van der Waals surface area contributed by atoms with Crippen LogP contribution in [0.3, 0.4) is 0 Å². The van der Waals surface area contributed by atoms with E-state index < -0.39 is 10.9 Å².